The minimum absolute atomic E-state index is 0.0000452. The number of rotatable bonds is 5. The molecule has 1 aliphatic heterocycles. The van der Waals surface area contributed by atoms with E-state index in [0.29, 0.717) is 54.7 Å². The fourth-order valence-electron chi connectivity index (χ4n) is 3.69. The second-order valence-electron chi connectivity index (χ2n) is 7.03. The van der Waals surface area contributed by atoms with Crippen LogP contribution in [0.15, 0.2) is 30.5 Å². The fourth-order valence-corrected chi connectivity index (χ4v) is 4.14. The molecule has 148 valence electrons. The summed E-state index contributed by atoms with van der Waals surface area (Å²) in [5.74, 6) is 1.59. The summed E-state index contributed by atoms with van der Waals surface area (Å²) in [5.41, 5.74) is 0.979. The fraction of sp³-hybridized carbons (Fsp3) is 0.450. The monoisotopic (exact) mass is 420 g/mol. The smallest absolute Gasteiger partial charge is 0.228 e. The largest absolute Gasteiger partial charge is 0.478 e. The number of aromatic nitrogens is 2. The number of benzene rings is 1. The normalized spacial score (nSPS) is 21.5. The Hall–Kier alpha value is -2.05. The second-order valence-corrected chi connectivity index (χ2v) is 7.82. The molecular formula is C20H22Cl2N4O2. The van der Waals surface area contributed by atoms with Gasteiger partial charge < -0.3 is 14.5 Å². The Morgan fingerprint density at radius 3 is 2.75 bits per heavy atom. The Labute approximate surface area is 174 Å². The lowest BCUT2D eigenvalue weighted by molar-refractivity contribution is -0.133. The van der Waals surface area contributed by atoms with Gasteiger partial charge >= 0.3 is 0 Å². The van der Waals surface area contributed by atoms with Crippen LogP contribution in [0.2, 0.25) is 10.0 Å². The maximum absolute atomic E-state index is 12.9. The lowest BCUT2D eigenvalue weighted by Gasteiger charge is -2.35. The Kier molecular flexibility index (Phi) is 5.60. The molecule has 0 spiro atoms. The molecule has 2 heterocycles. The Morgan fingerprint density at radius 1 is 1.21 bits per heavy atom. The number of ether oxygens (including phenoxy) is 1. The summed E-state index contributed by atoms with van der Waals surface area (Å²) >= 11 is 12.4. The van der Waals surface area contributed by atoms with Crippen molar-refractivity contribution in [3.05, 3.63) is 46.1 Å². The molecule has 4 rings (SSSR count). The molecule has 2 aromatic rings. The van der Waals surface area contributed by atoms with Crippen molar-refractivity contribution in [2.75, 3.05) is 37.7 Å². The van der Waals surface area contributed by atoms with Gasteiger partial charge in [0.1, 0.15) is 0 Å². The molecular weight excluding hydrogens is 399 g/mol. The van der Waals surface area contributed by atoms with E-state index in [9.17, 15) is 4.79 Å². The van der Waals surface area contributed by atoms with Crippen LogP contribution in [0.3, 0.4) is 0 Å². The highest BCUT2D eigenvalue weighted by Gasteiger charge is 2.47. The highest BCUT2D eigenvalue weighted by molar-refractivity contribution is 6.42. The summed E-state index contributed by atoms with van der Waals surface area (Å²) in [6.07, 6.45) is 2.53. The number of anilines is 1. The highest BCUT2D eigenvalue weighted by atomic mass is 35.5. The molecule has 1 aromatic heterocycles. The van der Waals surface area contributed by atoms with E-state index in [-0.39, 0.29) is 17.7 Å². The zero-order valence-corrected chi connectivity index (χ0v) is 17.2. The maximum atomic E-state index is 12.9. The van der Waals surface area contributed by atoms with Crippen molar-refractivity contribution in [1.29, 1.82) is 0 Å². The number of carbonyl (C=O) groups excluding carboxylic acids is 1. The van der Waals surface area contributed by atoms with E-state index >= 15 is 0 Å². The average molecular weight is 421 g/mol. The first-order chi connectivity index (χ1) is 13.6. The zero-order valence-electron chi connectivity index (χ0n) is 15.6. The van der Waals surface area contributed by atoms with Gasteiger partial charge in [0.2, 0.25) is 17.7 Å². The third kappa shape index (κ3) is 3.89. The number of hydrogen-bond acceptors (Lipinski definition) is 5. The summed E-state index contributed by atoms with van der Waals surface area (Å²) < 4.78 is 5.45. The van der Waals surface area contributed by atoms with Crippen LogP contribution in [0, 0.1) is 5.92 Å². The van der Waals surface area contributed by atoms with Crippen molar-refractivity contribution in [1.82, 2.24) is 14.9 Å². The molecule has 0 bridgehead atoms. The van der Waals surface area contributed by atoms with Gasteiger partial charge in [0, 0.05) is 44.4 Å². The van der Waals surface area contributed by atoms with Gasteiger partial charge in [-0.2, -0.15) is 4.98 Å². The van der Waals surface area contributed by atoms with Gasteiger partial charge in [-0.3, -0.25) is 4.79 Å². The molecule has 8 heteroatoms. The summed E-state index contributed by atoms with van der Waals surface area (Å²) in [6.45, 7) is 5.22. The van der Waals surface area contributed by atoms with Crippen LogP contribution in [0.25, 0.3) is 0 Å². The first-order valence-electron chi connectivity index (χ1n) is 9.52. The third-order valence-corrected chi connectivity index (χ3v) is 6.11. The van der Waals surface area contributed by atoms with Gasteiger partial charge in [-0.25, -0.2) is 4.98 Å². The van der Waals surface area contributed by atoms with Crippen molar-refractivity contribution in [3.8, 4) is 5.88 Å². The maximum Gasteiger partial charge on any atom is 0.228 e. The van der Waals surface area contributed by atoms with E-state index < -0.39 is 0 Å². The number of amides is 1. The van der Waals surface area contributed by atoms with Gasteiger partial charge in [0.25, 0.3) is 0 Å². The van der Waals surface area contributed by atoms with E-state index in [2.05, 4.69) is 14.9 Å². The minimum atomic E-state index is 0.0000452. The molecule has 1 aliphatic carbocycles. The van der Waals surface area contributed by atoms with Crippen LogP contribution in [0.5, 0.6) is 5.88 Å². The Morgan fingerprint density at radius 2 is 2.00 bits per heavy atom. The van der Waals surface area contributed by atoms with Crippen molar-refractivity contribution in [2.45, 2.75) is 19.3 Å². The van der Waals surface area contributed by atoms with Crippen molar-refractivity contribution >= 4 is 35.1 Å². The first-order valence-corrected chi connectivity index (χ1v) is 10.3. The second kappa shape index (κ2) is 8.13. The van der Waals surface area contributed by atoms with Gasteiger partial charge in [0.05, 0.1) is 16.7 Å². The molecule has 2 atom stereocenters. The molecule has 6 nitrogen and oxygen atoms in total. The average Bonchev–Trinajstić information content (AvgIpc) is 3.51. The summed E-state index contributed by atoms with van der Waals surface area (Å²) in [6, 6.07) is 7.38. The lowest BCUT2D eigenvalue weighted by atomic mass is 10.1. The van der Waals surface area contributed by atoms with Crippen LogP contribution < -0.4 is 9.64 Å². The third-order valence-electron chi connectivity index (χ3n) is 5.27. The predicted molar refractivity (Wildman–Crippen MR) is 109 cm³/mol. The Balaban J connectivity index is 1.35. The SMILES string of the molecule is CCOc1ccnc(N2CCN(C(=O)[C@@H]3C[C@H]3c3cccc(Cl)c3Cl)CC2)n1. The highest BCUT2D eigenvalue weighted by Crippen LogP contribution is 2.51. The van der Waals surface area contributed by atoms with E-state index in [0.717, 1.165) is 12.0 Å². The van der Waals surface area contributed by atoms with Crippen LogP contribution in [-0.4, -0.2) is 53.6 Å². The molecule has 28 heavy (non-hydrogen) atoms. The number of hydrogen-bond donors (Lipinski definition) is 0. The van der Waals surface area contributed by atoms with Crippen LogP contribution in [0.1, 0.15) is 24.8 Å². The van der Waals surface area contributed by atoms with Crippen LogP contribution in [0.4, 0.5) is 5.95 Å². The Bertz CT molecular complexity index is 871. The van der Waals surface area contributed by atoms with Gasteiger partial charge in [-0.1, -0.05) is 35.3 Å². The summed E-state index contributed by atoms with van der Waals surface area (Å²) in [4.78, 5) is 25.7. The lowest BCUT2D eigenvalue weighted by Crippen LogP contribution is -2.49. The van der Waals surface area contributed by atoms with Gasteiger partial charge in [-0.05, 0) is 30.9 Å². The van der Waals surface area contributed by atoms with Gasteiger partial charge in [0.15, 0.2) is 0 Å². The molecule has 0 radical (unpaired) electrons. The molecule has 1 amide bonds. The first kappa shape index (κ1) is 19.3. The van der Waals surface area contributed by atoms with E-state index in [4.69, 9.17) is 27.9 Å². The predicted octanol–water partition coefficient (Wildman–Crippen LogP) is 3.63. The number of carbonyl (C=O) groups is 1. The van der Waals surface area contributed by atoms with Gasteiger partial charge in [-0.15, -0.1) is 0 Å². The van der Waals surface area contributed by atoms with E-state index in [1.165, 1.54) is 0 Å². The molecule has 0 N–H and O–H groups in total. The standard InChI is InChI=1S/C20H22Cl2N4O2/c1-2-28-17-6-7-23-20(24-17)26-10-8-25(9-11-26)19(27)15-12-14(15)13-4-3-5-16(21)18(13)22/h3-7,14-15H,2,8-12H2,1H3/t14-,15+/m0/s1. The van der Waals surface area contributed by atoms with Crippen molar-refractivity contribution in [3.63, 3.8) is 0 Å². The van der Waals surface area contributed by atoms with Crippen molar-refractivity contribution < 1.29 is 9.53 Å². The zero-order chi connectivity index (χ0) is 19.7. The quantitative estimate of drug-likeness (QED) is 0.738. The molecule has 1 saturated heterocycles. The van der Waals surface area contributed by atoms with Crippen LogP contribution >= 0.6 is 23.2 Å². The topological polar surface area (TPSA) is 58.6 Å². The van der Waals surface area contributed by atoms with E-state index in [1.54, 1.807) is 18.3 Å². The van der Waals surface area contributed by atoms with Crippen LogP contribution in [-0.2, 0) is 4.79 Å². The molecule has 2 aliphatic rings. The minimum Gasteiger partial charge on any atom is -0.478 e. The molecule has 2 fully saturated rings. The number of piperazine rings is 1. The van der Waals surface area contributed by atoms with E-state index in [1.807, 2.05) is 24.0 Å². The molecule has 1 saturated carbocycles. The summed E-state index contributed by atoms with van der Waals surface area (Å²) in [7, 11) is 0. The summed E-state index contributed by atoms with van der Waals surface area (Å²) in [5, 5.41) is 1.11. The van der Waals surface area contributed by atoms with Crippen molar-refractivity contribution in [2.24, 2.45) is 5.92 Å². The number of nitrogens with zero attached hydrogens (tertiary/aromatic N) is 4. The molecule has 0 unspecified atom stereocenters. The molecule has 1 aromatic carbocycles. The number of halogens is 2.